The zero-order valence-electron chi connectivity index (χ0n) is 7.55. The Labute approximate surface area is 90.6 Å². The van der Waals surface area contributed by atoms with Gasteiger partial charge in [-0.05, 0) is 6.07 Å². The number of thiol groups is 1. The van der Waals surface area contributed by atoms with E-state index in [1.807, 2.05) is 0 Å². The van der Waals surface area contributed by atoms with Crippen molar-refractivity contribution in [3.05, 3.63) is 39.7 Å². The lowest BCUT2D eigenvalue weighted by atomic mass is 10.1. The van der Waals surface area contributed by atoms with Crippen molar-refractivity contribution in [2.45, 2.75) is 0 Å². The van der Waals surface area contributed by atoms with E-state index in [0.29, 0.717) is 11.8 Å². The maximum Gasteiger partial charge on any atom is 0.314 e. The molecule has 15 heavy (non-hydrogen) atoms. The van der Waals surface area contributed by atoms with E-state index in [-0.39, 0.29) is 5.56 Å². The maximum absolute atomic E-state index is 12.9. The van der Waals surface area contributed by atoms with E-state index in [1.54, 1.807) is 6.08 Å². The highest BCUT2D eigenvalue weighted by atomic mass is 32.1. The summed E-state index contributed by atoms with van der Waals surface area (Å²) in [6.07, 6.45) is 2.92. The normalized spacial score (nSPS) is 10.8. The molecule has 0 atom stereocenters. The van der Waals surface area contributed by atoms with Crippen LogP contribution in [0.4, 0.5) is 10.1 Å². The van der Waals surface area contributed by atoms with Crippen LogP contribution in [0.2, 0.25) is 0 Å². The highest BCUT2D eigenvalue weighted by molar-refractivity contribution is 7.80. The molecule has 0 spiro atoms. The first-order chi connectivity index (χ1) is 7.06. The molecular formula is C9H8FNO3S. The zero-order valence-corrected chi connectivity index (χ0v) is 8.45. The third-order valence-corrected chi connectivity index (χ3v) is 1.89. The molecule has 0 aromatic heterocycles. The molecule has 0 saturated heterocycles. The molecule has 0 heterocycles. The Hall–Kier alpha value is -1.56. The molecular weight excluding hydrogens is 221 g/mol. The van der Waals surface area contributed by atoms with Crippen molar-refractivity contribution in [1.29, 1.82) is 0 Å². The minimum Gasteiger partial charge on any atom is -0.502 e. The van der Waals surface area contributed by atoms with Crippen LogP contribution < -0.4 is 0 Å². The first-order valence-corrected chi connectivity index (χ1v) is 4.63. The van der Waals surface area contributed by atoms with E-state index in [1.165, 1.54) is 6.08 Å². The average molecular weight is 229 g/mol. The van der Waals surface area contributed by atoms with E-state index in [2.05, 4.69) is 12.6 Å². The van der Waals surface area contributed by atoms with Crippen LogP contribution in [0.1, 0.15) is 5.56 Å². The lowest BCUT2D eigenvalue weighted by Gasteiger charge is -2.00. The number of halogens is 1. The number of rotatable bonds is 3. The Kier molecular flexibility index (Phi) is 3.68. The fourth-order valence-electron chi connectivity index (χ4n) is 1.05. The van der Waals surface area contributed by atoms with Gasteiger partial charge in [-0.25, -0.2) is 4.39 Å². The predicted octanol–water partition coefficient (Wildman–Crippen LogP) is 2.38. The number of nitro groups is 1. The molecule has 0 unspecified atom stereocenters. The standard InChI is InChI=1S/C9H8FNO3S/c10-7-4-6(2-1-3-15)9(12)8(5-7)11(13)14/h1-2,4-5,12,15H,3H2. The number of aromatic hydroxyl groups is 1. The third-order valence-electron chi connectivity index (χ3n) is 1.68. The first kappa shape index (κ1) is 11.5. The summed E-state index contributed by atoms with van der Waals surface area (Å²) < 4.78 is 12.9. The topological polar surface area (TPSA) is 63.4 Å². The van der Waals surface area contributed by atoms with Gasteiger partial charge < -0.3 is 5.11 Å². The summed E-state index contributed by atoms with van der Waals surface area (Å²) in [7, 11) is 0. The van der Waals surface area contributed by atoms with Crippen molar-refractivity contribution < 1.29 is 14.4 Å². The third kappa shape index (κ3) is 2.69. The molecule has 0 saturated carbocycles. The van der Waals surface area contributed by atoms with Gasteiger partial charge in [0.2, 0.25) is 5.75 Å². The molecule has 0 radical (unpaired) electrons. The fourth-order valence-corrected chi connectivity index (χ4v) is 1.16. The number of benzene rings is 1. The molecule has 80 valence electrons. The summed E-state index contributed by atoms with van der Waals surface area (Å²) in [6.45, 7) is 0. The maximum atomic E-state index is 12.9. The SMILES string of the molecule is O=[N+]([O-])c1cc(F)cc(C=CCS)c1O. The second-order valence-electron chi connectivity index (χ2n) is 2.70. The Balaban J connectivity index is 3.28. The van der Waals surface area contributed by atoms with Gasteiger partial charge >= 0.3 is 5.69 Å². The predicted molar refractivity (Wildman–Crippen MR) is 57.6 cm³/mol. The molecule has 0 bridgehead atoms. The van der Waals surface area contributed by atoms with Crippen LogP contribution in [0.5, 0.6) is 5.75 Å². The van der Waals surface area contributed by atoms with Gasteiger partial charge in [-0.3, -0.25) is 10.1 Å². The molecule has 0 aliphatic carbocycles. The molecule has 6 heteroatoms. The second kappa shape index (κ2) is 4.79. The van der Waals surface area contributed by atoms with E-state index >= 15 is 0 Å². The molecule has 0 amide bonds. The van der Waals surface area contributed by atoms with E-state index in [0.717, 1.165) is 6.07 Å². The van der Waals surface area contributed by atoms with Gasteiger partial charge in [0.05, 0.1) is 11.0 Å². The van der Waals surface area contributed by atoms with Crippen molar-refractivity contribution in [2.75, 3.05) is 5.75 Å². The van der Waals surface area contributed by atoms with Gasteiger partial charge in [0.1, 0.15) is 5.82 Å². The number of hydrogen-bond donors (Lipinski definition) is 2. The van der Waals surface area contributed by atoms with Crippen LogP contribution in [0.25, 0.3) is 6.08 Å². The van der Waals surface area contributed by atoms with Gasteiger partial charge in [0.25, 0.3) is 0 Å². The van der Waals surface area contributed by atoms with Crippen molar-refractivity contribution in [3.8, 4) is 5.75 Å². The molecule has 1 N–H and O–H groups in total. The Morgan fingerprint density at radius 1 is 1.60 bits per heavy atom. The molecule has 0 fully saturated rings. The van der Waals surface area contributed by atoms with Crippen LogP contribution in [-0.4, -0.2) is 15.8 Å². The summed E-state index contributed by atoms with van der Waals surface area (Å²) in [5.41, 5.74) is -0.579. The summed E-state index contributed by atoms with van der Waals surface area (Å²) in [5, 5.41) is 19.9. The van der Waals surface area contributed by atoms with Gasteiger partial charge in [-0.15, -0.1) is 0 Å². The highest BCUT2D eigenvalue weighted by Crippen LogP contribution is 2.31. The molecule has 0 aliphatic heterocycles. The zero-order chi connectivity index (χ0) is 11.4. The van der Waals surface area contributed by atoms with Crippen molar-refractivity contribution in [1.82, 2.24) is 0 Å². The van der Waals surface area contributed by atoms with Crippen molar-refractivity contribution >= 4 is 24.4 Å². The van der Waals surface area contributed by atoms with Gasteiger partial charge in [-0.1, -0.05) is 12.2 Å². The Morgan fingerprint density at radius 3 is 2.80 bits per heavy atom. The van der Waals surface area contributed by atoms with Crippen LogP contribution in [0, 0.1) is 15.9 Å². The average Bonchev–Trinajstić information content (AvgIpc) is 2.18. The minimum absolute atomic E-state index is 0.0655. The lowest BCUT2D eigenvalue weighted by molar-refractivity contribution is -0.386. The number of nitro benzene ring substituents is 1. The van der Waals surface area contributed by atoms with Crippen LogP contribution >= 0.6 is 12.6 Å². The molecule has 1 rings (SSSR count). The Bertz CT molecular complexity index is 420. The van der Waals surface area contributed by atoms with Gasteiger partial charge in [0.15, 0.2) is 0 Å². The fraction of sp³-hybridized carbons (Fsp3) is 0.111. The molecule has 1 aromatic rings. The molecule has 0 aliphatic rings. The first-order valence-electron chi connectivity index (χ1n) is 4.00. The quantitative estimate of drug-likeness (QED) is 0.475. The number of phenols is 1. The number of phenolic OH excluding ortho intramolecular Hbond substituents is 1. The van der Waals surface area contributed by atoms with Gasteiger partial charge in [-0.2, -0.15) is 12.6 Å². The number of nitrogens with zero attached hydrogens (tertiary/aromatic N) is 1. The number of hydrogen-bond acceptors (Lipinski definition) is 4. The van der Waals surface area contributed by atoms with E-state index in [4.69, 9.17) is 0 Å². The largest absolute Gasteiger partial charge is 0.502 e. The van der Waals surface area contributed by atoms with Gasteiger partial charge in [0, 0.05) is 11.3 Å². The van der Waals surface area contributed by atoms with Crippen molar-refractivity contribution in [3.63, 3.8) is 0 Å². The molecule has 1 aromatic carbocycles. The van der Waals surface area contributed by atoms with Crippen LogP contribution in [0.15, 0.2) is 18.2 Å². The summed E-state index contributed by atoms with van der Waals surface area (Å²) >= 11 is 3.88. The van der Waals surface area contributed by atoms with Crippen molar-refractivity contribution in [2.24, 2.45) is 0 Å². The van der Waals surface area contributed by atoms with E-state index in [9.17, 15) is 19.6 Å². The lowest BCUT2D eigenvalue weighted by Crippen LogP contribution is -1.92. The van der Waals surface area contributed by atoms with Crippen LogP contribution in [0.3, 0.4) is 0 Å². The monoisotopic (exact) mass is 229 g/mol. The molecule has 4 nitrogen and oxygen atoms in total. The highest BCUT2D eigenvalue weighted by Gasteiger charge is 2.17. The second-order valence-corrected chi connectivity index (χ2v) is 3.07. The summed E-state index contributed by atoms with van der Waals surface area (Å²) in [6, 6.07) is 1.69. The van der Waals surface area contributed by atoms with Crippen LogP contribution in [-0.2, 0) is 0 Å². The Morgan fingerprint density at radius 2 is 2.27 bits per heavy atom. The smallest absolute Gasteiger partial charge is 0.314 e. The van der Waals surface area contributed by atoms with E-state index < -0.39 is 22.2 Å². The minimum atomic E-state index is -0.837. The summed E-state index contributed by atoms with van der Waals surface area (Å²) in [4.78, 5) is 9.60. The summed E-state index contributed by atoms with van der Waals surface area (Å²) in [5.74, 6) is -0.915.